The van der Waals surface area contributed by atoms with Gasteiger partial charge in [0.2, 0.25) is 0 Å². The molecule has 1 atom stereocenters. The van der Waals surface area contributed by atoms with Gasteiger partial charge in [-0.2, -0.15) is 0 Å². The number of ether oxygens (including phenoxy) is 3. The first-order valence-electron chi connectivity index (χ1n) is 10.2. The Hall–Kier alpha value is -3.81. The van der Waals surface area contributed by atoms with E-state index in [1.54, 1.807) is 38.3 Å². The van der Waals surface area contributed by atoms with Gasteiger partial charge in [0.25, 0.3) is 5.91 Å². The van der Waals surface area contributed by atoms with Gasteiger partial charge in [0, 0.05) is 13.0 Å². The molecule has 1 aromatic heterocycles. The molecular formula is C24H24N2O6. The fraction of sp³-hybridized carbons (Fsp3) is 0.292. The number of benzene rings is 2. The Morgan fingerprint density at radius 1 is 1.06 bits per heavy atom. The van der Waals surface area contributed by atoms with Gasteiger partial charge in [-0.25, -0.2) is 4.79 Å². The molecule has 0 fully saturated rings. The van der Waals surface area contributed by atoms with Crippen LogP contribution in [0.15, 0.2) is 53.1 Å². The van der Waals surface area contributed by atoms with Crippen molar-refractivity contribution in [2.75, 3.05) is 14.2 Å². The van der Waals surface area contributed by atoms with Crippen molar-refractivity contribution >= 4 is 11.9 Å². The third-order valence-electron chi connectivity index (χ3n) is 5.61. The Kier molecular flexibility index (Phi) is 6.11. The second-order valence-corrected chi connectivity index (χ2v) is 7.47. The number of carbonyl (C=O) groups excluding carboxylic acids is 2. The summed E-state index contributed by atoms with van der Waals surface area (Å²) in [6.07, 6.45) is 0.378. The van der Waals surface area contributed by atoms with Crippen molar-refractivity contribution in [1.29, 1.82) is 0 Å². The first-order chi connectivity index (χ1) is 15.5. The number of hydrogen-bond acceptors (Lipinski definition) is 7. The molecule has 32 heavy (non-hydrogen) atoms. The zero-order chi connectivity index (χ0) is 22.7. The number of methoxy groups -OCH3 is 2. The molecule has 1 aliphatic rings. The first kappa shape index (κ1) is 21.4. The van der Waals surface area contributed by atoms with Crippen LogP contribution < -0.4 is 9.47 Å². The van der Waals surface area contributed by atoms with Crippen LogP contribution in [-0.2, 0) is 29.1 Å². The number of amides is 1. The zero-order valence-electron chi connectivity index (χ0n) is 18.2. The van der Waals surface area contributed by atoms with Gasteiger partial charge < -0.3 is 23.6 Å². The van der Waals surface area contributed by atoms with Gasteiger partial charge in [0.05, 0.1) is 19.8 Å². The highest BCUT2D eigenvalue weighted by molar-refractivity contribution is 5.96. The van der Waals surface area contributed by atoms with Crippen LogP contribution in [-0.4, -0.2) is 42.2 Å². The number of fused-ring (bicyclic) bond motifs is 1. The average Bonchev–Trinajstić information content (AvgIpc) is 3.21. The molecule has 0 aliphatic carbocycles. The van der Waals surface area contributed by atoms with Gasteiger partial charge in [-0.05, 0) is 42.3 Å². The number of carbonyl (C=O) groups is 2. The Balaban J connectivity index is 1.58. The molecule has 0 N–H and O–H groups in total. The fourth-order valence-electron chi connectivity index (χ4n) is 3.78. The largest absolute Gasteiger partial charge is 0.497 e. The lowest BCUT2D eigenvalue weighted by molar-refractivity contribution is -0.146. The predicted octanol–water partition coefficient (Wildman–Crippen LogP) is 3.31. The van der Waals surface area contributed by atoms with E-state index in [0.29, 0.717) is 29.2 Å². The van der Waals surface area contributed by atoms with Crippen LogP contribution >= 0.6 is 0 Å². The van der Waals surface area contributed by atoms with Crippen molar-refractivity contribution in [3.63, 3.8) is 0 Å². The van der Waals surface area contributed by atoms with Crippen LogP contribution in [0.2, 0.25) is 0 Å². The summed E-state index contributed by atoms with van der Waals surface area (Å²) in [5.74, 6) is 0.941. The van der Waals surface area contributed by atoms with Crippen molar-refractivity contribution in [3.8, 4) is 11.5 Å². The maximum atomic E-state index is 13.5. The molecule has 2 aromatic carbocycles. The molecule has 1 amide bonds. The molecule has 1 unspecified atom stereocenters. The van der Waals surface area contributed by atoms with Crippen LogP contribution in [0.25, 0.3) is 0 Å². The highest BCUT2D eigenvalue weighted by Crippen LogP contribution is 2.27. The van der Waals surface area contributed by atoms with Crippen molar-refractivity contribution < 1.29 is 28.3 Å². The van der Waals surface area contributed by atoms with Gasteiger partial charge in [0.15, 0.2) is 5.69 Å². The molecule has 0 saturated carbocycles. The van der Waals surface area contributed by atoms with E-state index in [1.165, 1.54) is 12.0 Å². The minimum absolute atomic E-state index is 0.0933. The third-order valence-corrected chi connectivity index (χ3v) is 5.61. The van der Waals surface area contributed by atoms with E-state index >= 15 is 0 Å². The van der Waals surface area contributed by atoms with Crippen LogP contribution in [0.5, 0.6) is 11.5 Å². The molecule has 166 valence electrons. The molecule has 0 spiro atoms. The molecular weight excluding hydrogens is 412 g/mol. The van der Waals surface area contributed by atoms with E-state index in [0.717, 1.165) is 11.1 Å². The van der Waals surface area contributed by atoms with Gasteiger partial charge in [0.1, 0.15) is 29.9 Å². The minimum Gasteiger partial charge on any atom is -0.497 e. The number of aromatic nitrogens is 1. The molecule has 0 saturated heterocycles. The molecule has 0 radical (unpaired) electrons. The zero-order valence-corrected chi connectivity index (χ0v) is 18.2. The SMILES string of the molecule is COC(=O)C1Cc2ccccc2CN1C(=O)c1noc(C)c1COc1ccc(OC)cc1. The first-order valence-corrected chi connectivity index (χ1v) is 10.2. The number of hydrogen-bond donors (Lipinski definition) is 0. The number of rotatable bonds is 6. The van der Waals surface area contributed by atoms with Crippen LogP contribution in [0.1, 0.15) is 32.9 Å². The maximum Gasteiger partial charge on any atom is 0.328 e. The van der Waals surface area contributed by atoms with Gasteiger partial charge in [-0.15, -0.1) is 0 Å². The summed E-state index contributed by atoms with van der Waals surface area (Å²) in [7, 11) is 2.91. The molecule has 2 heterocycles. The van der Waals surface area contributed by atoms with E-state index in [1.807, 2.05) is 24.3 Å². The fourth-order valence-corrected chi connectivity index (χ4v) is 3.78. The number of aryl methyl sites for hydroxylation is 1. The summed E-state index contributed by atoms with van der Waals surface area (Å²) >= 11 is 0. The lowest BCUT2D eigenvalue weighted by atomic mass is 9.93. The summed E-state index contributed by atoms with van der Waals surface area (Å²) in [5.41, 5.74) is 2.67. The Morgan fingerprint density at radius 2 is 1.75 bits per heavy atom. The third kappa shape index (κ3) is 4.16. The average molecular weight is 436 g/mol. The Morgan fingerprint density at radius 3 is 2.44 bits per heavy atom. The van der Waals surface area contributed by atoms with Crippen molar-refractivity contribution in [2.24, 2.45) is 0 Å². The summed E-state index contributed by atoms with van der Waals surface area (Å²) in [4.78, 5) is 27.5. The van der Waals surface area contributed by atoms with E-state index in [2.05, 4.69) is 5.16 Å². The van der Waals surface area contributed by atoms with Crippen LogP contribution in [0.3, 0.4) is 0 Å². The van der Waals surface area contributed by atoms with Crippen molar-refractivity contribution in [1.82, 2.24) is 10.1 Å². The topological polar surface area (TPSA) is 91.1 Å². The quantitative estimate of drug-likeness (QED) is 0.548. The monoisotopic (exact) mass is 436 g/mol. The second-order valence-electron chi connectivity index (χ2n) is 7.47. The van der Waals surface area contributed by atoms with E-state index < -0.39 is 17.9 Å². The maximum absolute atomic E-state index is 13.5. The molecule has 1 aliphatic heterocycles. The Bertz CT molecular complexity index is 1120. The van der Waals surface area contributed by atoms with Crippen molar-refractivity contribution in [3.05, 3.63) is 76.7 Å². The van der Waals surface area contributed by atoms with Crippen LogP contribution in [0, 0.1) is 6.92 Å². The van der Waals surface area contributed by atoms with E-state index in [4.69, 9.17) is 18.7 Å². The summed E-state index contributed by atoms with van der Waals surface area (Å²) < 4.78 is 21.3. The Labute approximate surface area is 185 Å². The second kappa shape index (κ2) is 9.13. The molecule has 8 nitrogen and oxygen atoms in total. The standard InChI is InChI=1S/C24H24N2O6/c1-15-20(14-31-19-10-8-18(29-2)9-11-19)22(25-32-15)23(27)26-13-17-7-5-4-6-16(17)12-21(26)24(28)30-3/h4-11,21H,12-14H2,1-3H3. The molecule has 4 rings (SSSR count). The highest BCUT2D eigenvalue weighted by atomic mass is 16.5. The smallest absolute Gasteiger partial charge is 0.328 e. The highest BCUT2D eigenvalue weighted by Gasteiger charge is 2.38. The van der Waals surface area contributed by atoms with Gasteiger partial charge in [-0.1, -0.05) is 29.4 Å². The van der Waals surface area contributed by atoms with Gasteiger partial charge >= 0.3 is 5.97 Å². The lowest BCUT2D eigenvalue weighted by Crippen LogP contribution is -2.49. The predicted molar refractivity (Wildman–Crippen MR) is 114 cm³/mol. The van der Waals surface area contributed by atoms with E-state index in [9.17, 15) is 9.59 Å². The summed E-state index contributed by atoms with van der Waals surface area (Å²) in [6.45, 7) is 2.09. The molecule has 0 bridgehead atoms. The summed E-state index contributed by atoms with van der Waals surface area (Å²) in [5, 5.41) is 3.99. The van der Waals surface area contributed by atoms with Crippen molar-refractivity contribution in [2.45, 2.75) is 32.5 Å². The minimum atomic E-state index is -0.741. The number of nitrogens with zero attached hydrogens (tertiary/aromatic N) is 2. The lowest BCUT2D eigenvalue weighted by Gasteiger charge is -2.34. The molecule has 8 heteroatoms. The van der Waals surface area contributed by atoms with Gasteiger partial charge in [-0.3, -0.25) is 4.79 Å². The molecule has 3 aromatic rings. The van der Waals surface area contributed by atoms with E-state index in [-0.39, 0.29) is 18.8 Å². The normalized spacial score (nSPS) is 15.1. The van der Waals surface area contributed by atoms with Crippen LogP contribution in [0.4, 0.5) is 0 Å². The number of esters is 1. The summed E-state index contributed by atoms with van der Waals surface area (Å²) in [6, 6.07) is 14.1.